The number of methoxy groups -OCH3 is 1. The first-order valence-electron chi connectivity index (χ1n) is 8.84. The number of benzene rings is 2. The first kappa shape index (κ1) is 18.4. The fourth-order valence-electron chi connectivity index (χ4n) is 2.61. The second kappa shape index (κ2) is 9.38. The molecular weight excluding hydrogens is 342 g/mol. The van der Waals surface area contributed by atoms with Crippen LogP contribution in [0.25, 0.3) is 0 Å². The first-order chi connectivity index (χ1) is 13.3. The molecule has 0 atom stereocenters. The largest absolute Gasteiger partial charge is 0.496 e. The van der Waals surface area contributed by atoms with Crippen molar-refractivity contribution < 1.29 is 9.47 Å². The van der Waals surface area contributed by atoms with Crippen LogP contribution in [-0.4, -0.2) is 35.4 Å². The van der Waals surface area contributed by atoms with Gasteiger partial charge in [0.25, 0.3) is 0 Å². The normalized spacial score (nSPS) is 10.3. The number of anilines is 3. The average Bonchev–Trinajstić information content (AvgIpc) is 2.70. The van der Waals surface area contributed by atoms with Crippen LogP contribution in [0.3, 0.4) is 0 Å². The van der Waals surface area contributed by atoms with Crippen LogP contribution in [0.15, 0.2) is 54.7 Å². The summed E-state index contributed by atoms with van der Waals surface area (Å²) in [6.07, 6.45) is 2.42. The number of nitrogens with one attached hydrogen (secondary N) is 2. The van der Waals surface area contributed by atoms with Gasteiger partial charge in [0.05, 0.1) is 19.9 Å². The van der Waals surface area contributed by atoms with Crippen molar-refractivity contribution in [1.29, 1.82) is 0 Å². The molecule has 7 heteroatoms. The van der Waals surface area contributed by atoms with Gasteiger partial charge in [-0.3, -0.25) is 0 Å². The molecule has 2 N–H and O–H groups in total. The Morgan fingerprint density at radius 2 is 1.85 bits per heavy atom. The van der Waals surface area contributed by atoms with Gasteiger partial charge in [-0.15, -0.1) is 5.10 Å². The SMILES string of the molecule is CCOc1ccc(Nc2nncc(NCCc3ccccc3OC)n2)cc1. The highest BCUT2D eigenvalue weighted by Gasteiger charge is 2.04. The third-order valence-electron chi connectivity index (χ3n) is 3.87. The average molecular weight is 365 g/mol. The molecule has 0 radical (unpaired) electrons. The Balaban J connectivity index is 1.57. The van der Waals surface area contributed by atoms with E-state index in [1.54, 1.807) is 13.3 Å². The van der Waals surface area contributed by atoms with Crippen LogP contribution >= 0.6 is 0 Å². The van der Waals surface area contributed by atoms with E-state index in [9.17, 15) is 0 Å². The van der Waals surface area contributed by atoms with Crippen molar-refractivity contribution in [1.82, 2.24) is 15.2 Å². The second-order valence-corrected chi connectivity index (χ2v) is 5.74. The molecule has 0 bridgehead atoms. The lowest BCUT2D eigenvalue weighted by Gasteiger charge is -2.10. The maximum absolute atomic E-state index is 5.44. The van der Waals surface area contributed by atoms with Gasteiger partial charge in [-0.25, -0.2) is 0 Å². The van der Waals surface area contributed by atoms with Crippen LogP contribution < -0.4 is 20.1 Å². The van der Waals surface area contributed by atoms with Gasteiger partial charge in [0, 0.05) is 12.2 Å². The Hall–Kier alpha value is -3.35. The van der Waals surface area contributed by atoms with E-state index in [1.165, 1.54) is 0 Å². The highest BCUT2D eigenvalue weighted by Crippen LogP contribution is 2.19. The predicted octanol–water partition coefficient (Wildman–Crippen LogP) is 3.68. The molecule has 2 aromatic carbocycles. The minimum absolute atomic E-state index is 0.432. The van der Waals surface area contributed by atoms with E-state index in [0.29, 0.717) is 24.9 Å². The van der Waals surface area contributed by atoms with E-state index in [2.05, 4.69) is 31.9 Å². The van der Waals surface area contributed by atoms with E-state index >= 15 is 0 Å². The Morgan fingerprint density at radius 3 is 2.63 bits per heavy atom. The molecule has 0 saturated heterocycles. The van der Waals surface area contributed by atoms with E-state index in [1.807, 2.05) is 49.4 Å². The van der Waals surface area contributed by atoms with Crippen molar-refractivity contribution in [3.05, 3.63) is 60.3 Å². The molecule has 0 unspecified atom stereocenters. The summed E-state index contributed by atoms with van der Waals surface area (Å²) in [4.78, 5) is 4.44. The molecule has 0 aliphatic carbocycles. The lowest BCUT2D eigenvalue weighted by molar-refractivity contribution is 0.340. The van der Waals surface area contributed by atoms with Gasteiger partial charge in [-0.05, 0) is 49.2 Å². The molecule has 0 aliphatic heterocycles. The molecule has 27 heavy (non-hydrogen) atoms. The zero-order valence-corrected chi connectivity index (χ0v) is 15.5. The van der Waals surface area contributed by atoms with Gasteiger partial charge in [-0.1, -0.05) is 18.2 Å². The lowest BCUT2D eigenvalue weighted by atomic mass is 10.1. The van der Waals surface area contributed by atoms with Gasteiger partial charge >= 0.3 is 0 Å². The van der Waals surface area contributed by atoms with Crippen molar-refractivity contribution in [2.75, 3.05) is 30.9 Å². The van der Waals surface area contributed by atoms with Crippen LogP contribution in [0.2, 0.25) is 0 Å². The molecule has 0 aliphatic rings. The maximum atomic E-state index is 5.44. The van der Waals surface area contributed by atoms with Crippen LogP contribution in [0, 0.1) is 0 Å². The van der Waals surface area contributed by atoms with E-state index in [0.717, 1.165) is 29.2 Å². The topological polar surface area (TPSA) is 81.2 Å². The summed E-state index contributed by atoms with van der Waals surface area (Å²) in [5, 5.41) is 14.4. The summed E-state index contributed by atoms with van der Waals surface area (Å²) in [7, 11) is 1.68. The van der Waals surface area contributed by atoms with Crippen molar-refractivity contribution in [2.24, 2.45) is 0 Å². The van der Waals surface area contributed by atoms with Crippen LogP contribution in [-0.2, 0) is 6.42 Å². The number of para-hydroxylation sites is 1. The number of aromatic nitrogens is 3. The minimum atomic E-state index is 0.432. The molecule has 1 heterocycles. The Labute approximate surface area is 158 Å². The second-order valence-electron chi connectivity index (χ2n) is 5.74. The van der Waals surface area contributed by atoms with Gasteiger partial charge < -0.3 is 20.1 Å². The summed E-state index contributed by atoms with van der Waals surface area (Å²) in [5.74, 6) is 2.81. The molecule has 7 nitrogen and oxygen atoms in total. The zero-order valence-electron chi connectivity index (χ0n) is 15.5. The van der Waals surface area contributed by atoms with Crippen LogP contribution in [0.5, 0.6) is 11.5 Å². The standard InChI is InChI=1S/C20H23N5O2/c1-3-27-17-10-8-16(9-11-17)23-20-24-19(14-22-25-20)21-13-12-15-6-4-5-7-18(15)26-2/h4-11,14H,3,12-13H2,1-2H3,(H2,21,23,24,25). The van der Waals surface area contributed by atoms with E-state index < -0.39 is 0 Å². The quantitative estimate of drug-likeness (QED) is 0.599. The van der Waals surface area contributed by atoms with Gasteiger partial charge in [0.1, 0.15) is 11.5 Å². The monoisotopic (exact) mass is 365 g/mol. The molecule has 0 saturated carbocycles. The number of rotatable bonds is 9. The van der Waals surface area contributed by atoms with Gasteiger partial charge in [0.15, 0.2) is 5.82 Å². The molecule has 0 spiro atoms. The highest BCUT2D eigenvalue weighted by atomic mass is 16.5. The molecule has 0 fully saturated rings. The number of hydrogen-bond donors (Lipinski definition) is 2. The summed E-state index contributed by atoms with van der Waals surface area (Å²) in [6, 6.07) is 15.6. The summed E-state index contributed by atoms with van der Waals surface area (Å²) in [6.45, 7) is 3.31. The zero-order chi connectivity index (χ0) is 18.9. The number of ether oxygens (including phenoxy) is 2. The molecule has 3 rings (SSSR count). The van der Waals surface area contributed by atoms with Crippen LogP contribution in [0.4, 0.5) is 17.5 Å². The van der Waals surface area contributed by atoms with E-state index in [-0.39, 0.29) is 0 Å². The number of nitrogens with zero attached hydrogens (tertiary/aromatic N) is 3. The smallest absolute Gasteiger partial charge is 0.249 e. The molecule has 1 aromatic heterocycles. The number of hydrogen-bond acceptors (Lipinski definition) is 7. The van der Waals surface area contributed by atoms with Crippen molar-refractivity contribution >= 4 is 17.5 Å². The Morgan fingerprint density at radius 1 is 1.04 bits per heavy atom. The third kappa shape index (κ3) is 5.31. The minimum Gasteiger partial charge on any atom is -0.496 e. The van der Waals surface area contributed by atoms with Gasteiger partial charge in [-0.2, -0.15) is 10.1 Å². The summed E-state index contributed by atoms with van der Waals surface area (Å²) < 4.78 is 10.8. The summed E-state index contributed by atoms with van der Waals surface area (Å²) >= 11 is 0. The maximum Gasteiger partial charge on any atom is 0.249 e. The Bertz CT molecular complexity index is 855. The Kier molecular flexibility index (Phi) is 6.40. The molecule has 3 aromatic rings. The highest BCUT2D eigenvalue weighted by molar-refractivity contribution is 5.55. The third-order valence-corrected chi connectivity index (χ3v) is 3.87. The molecular formula is C20H23N5O2. The molecule has 0 amide bonds. The predicted molar refractivity (Wildman–Crippen MR) is 106 cm³/mol. The van der Waals surface area contributed by atoms with Crippen molar-refractivity contribution in [3.63, 3.8) is 0 Å². The fraction of sp³-hybridized carbons (Fsp3) is 0.250. The lowest BCUT2D eigenvalue weighted by Crippen LogP contribution is -2.09. The van der Waals surface area contributed by atoms with Crippen molar-refractivity contribution in [3.8, 4) is 11.5 Å². The van der Waals surface area contributed by atoms with Crippen LogP contribution in [0.1, 0.15) is 12.5 Å². The molecule has 140 valence electrons. The van der Waals surface area contributed by atoms with E-state index in [4.69, 9.17) is 9.47 Å². The van der Waals surface area contributed by atoms with Gasteiger partial charge in [0.2, 0.25) is 5.95 Å². The summed E-state index contributed by atoms with van der Waals surface area (Å²) in [5.41, 5.74) is 2.01. The van der Waals surface area contributed by atoms with Crippen molar-refractivity contribution in [2.45, 2.75) is 13.3 Å². The first-order valence-corrected chi connectivity index (χ1v) is 8.84. The fourth-order valence-corrected chi connectivity index (χ4v) is 2.61.